The molecule has 0 aliphatic carbocycles. The molecule has 2 aromatic carbocycles. The predicted molar refractivity (Wildman–Crippen MR) is 85.3 cm³/mol. The molecule has 1 heterocycles. The average molecular weight is 371 g/mol. The largest absolute Gasteiger partial charge is 0.488 e. The van der Waals surface area contributed by atoms with Crippen LogP contribution in [0.25, 0.3) is 0 Å². The van der Waals surface area contributed by atoms with Crippen molar-refractivity contribution in [2.75, 3.05) is 18.9 Å². The molecule has 0 spiro atoms. The Balaban J connectivity index is 1.78. The molecule has 1 aliphatic heterocycles. The number of benzene rings is 2. The molecule has 0 bridgehead atoms. The number of anilines is 1. The van der Waals surface area contributed by atoms with Crippen molar-refractivity contribution in [3.63, 3.8) is 0 Å². The molecule has 0 atom stereocenters. The first-order chi connectivity index (χ1) is 10.1. The Morgan fingerprint density at radius 3 is 2.57 bits per heavy atom. The van der Waals surface area contributed by atoms with Crippen LogP contribution in [0.15, 0.2) is 34.8 Å². The van der Waals surface area contributed by atoms with Gasteiger partial charge in [0.2, 0.25) is 0 Å². The zero-order valence-corrected chi connectivity index (χ0v) is 13.4. The lowest BCUT2D eigenvalue weighted by Gasteiger charge is -2.20. The molecule has 0 saturated heterocycles. The van der Waals surface area contributed by atoms with Crippen molar-refractivity contribution in [3.05, 3.63) is 45.4 Å². The molecule has 0 amide bonds. The fourth-order valence-electron chi connectivity index (χ4n) is 2.02. The number of ether oxygens (including phenoxy) is 3. The number of nitrogen functional groups attached to an aromatic ring is 1. The maximum absolute atomic E-state index is 6.02. The topological polar surface area (TPSA) is 53.7 Å². The van der Waals surface area contributed by atoms with E-state index in [9.17, 15) is 0 Å². The smallest absolute Gasteiger partial charge is 0.163 e. The summed E-state index contributed by atoms with van der Waals surface area (Å²) >= 11 is 9.32. The van der Waals surface area contributed by atoms with Gasteiger partial charge in [0.1, 0.15) is 25.6 Å². The number of rotatable bonds is 3. The summed E-state index contributed by atoms with van der Waals surface area (Å²) in [6, 6.07) is 8.98. The third-order valence-corrected chi connectivity index (χ3v) is 3.94. The SMILES string of the molecule is Nc1cc2c(cc1COc1ccc(Cl)cc1Br)OCCO2. The molecule has 4 nitrogen and oxygen atoms in total. The van der Waals surface area contributed by atoms with Gasteiger partial charge >= 0.3 is 0 Å². The highest BCUT2D eigenvalue weighted by Gasteiger charge is 2.15. The van der Waals surface area contributed by atoms with Crippen molar-refractivity contribution in [2.24, 2.45) is 0 Å². The van der Waals surface area contributed by atoms with Crippen LogP contribution < -0.4 is 19.9 Å². The second-order valence-electron chi connectivity index (χ2n) is 4.56. The summed E-state index contributed by atoms with van der Waals surface area (Å²) in [5.41, 5.74) is 7.49. The second-order valence-corrected chi connectivity index (χ2v) is 5.85. The highest BCUT2D eigenvalue weighted by Crippen LogP contribution is 2.35. The third-order valence-electron chi connectivity index (χ3n) is 3.08. The molecular weight excluding hydrogens is 358 g/mol. The van der Waals surface area contributed by atoms with Crippen molar-refractivity contribution in [1.82, 2.24) is 0 Å². The third kappa shape index (κ3) is 3.19. The minimum Gasteiger partial charge on any atom is -0.488 e. The molecule has 110 valence electrons. The summed E-state index contributed by atoms with van der Waals surface area (Å²) < 4.78 is 17.6. The average Bonchev–Trinajstić information content (AvgIpc) is 2.46. The van der Waals surface area contributed by atoms with Gasteiger partial charge in [0, 0.05) is 22.3 Å². The van der Waals surface area contributed by atoms with Gasteiger partial charge < -0.3 is 19.9 Å². The Labute approximate surface area is 135 Å². The van der Waals surface area contributed by atoms with E-state index in [1.807, 2.05) is 6.07 Å². The Morgan fingerprint density at radius 2 is 1.86 bits per heavy atom. The first-order valence-electron chi connectivity index (χ1n) is 6.39. The normalized spacial score (nSPS) is 13.0. The summed E-state index contributed by atoms with van der Waals surface area (Å²) in [4.78, 5) is 0. The van der Waals surface area contributed by atoms with Gasteiger partial charge in [0.25, 0.3) is 0 Å². The zero-order valence-electron chi connectivity index (χ0n) is 11.1. The molecule has 0 unspecified atom stereocenters. The number of halogens is 2. The van der Waals surface area contributed by atoms with E-state index < -0.39 is 0 Å². The summed E-state index contributed by atoms with van der Waals surface area (Å²) in [6.07, 6.45) is 0. The zero-order chi connectivity index (χ0) is 14.8. The van der Waals surface area contributed by atoms with E-state index in [0.717, 1.165) is 10.0 Å². The van der Waals surface area contributed by atoms with Crippen LogP contribution in [0, 0.1) is 0 Å². The van der Waals surface area contributed by atoms with Crippen molar-refractivity contribution >= 4 is 33.2 Å². The van der Waals surface area contributed by atoms with Crippen LogP contribution in [0.2, 0.25) is 5.02 Å². The van der Waals surface area contributed by atoms with Crippen LogP contribution in [0.5, 0.6) is 17.2 Å². The van der Waals surface area contributed by atoms with Crippen LogP contribution in [0.3, 0.4) is 0 Å². The van der Waals surface area contributed by atoms with E-state index in [0.29, 0.717) is 47.8 Å². The van der Waals surface area contributed by atoms with E-state index in [4.69, 9.17) is 31.5 Å². The summed E-state index contributed by atoms with van der Waals surface area (Å²) in [5.74, 6) is 2.08. The first kappa shape index (κ1) is 14.4. The summed E-state index contributed by atoms with van der Waals surface area (Å²) in [7, 11) is 0. The molecule has 2 aromatic rings. The van der Waals surface area contributed by atoms with E-state index in [1.165, 1.54) is 0 Å². The van der Waals surface area contributed by atoms with E-state index in [2.05, 4.69) is 15.9 Å². The van der Waals surface area contributed by atoms with E-state index in [1.54, 1.807) is 24.3 Å². The molecule has 0 saturated carbocycles. The van der Waals surface area contributed by atoms with Gasteiger partial charge in [0.15, 0.2) is 11.5 Å². The van der Waals surface area contributed by atoms with Gasteiger partial charge in [0.05, 0.1) is 4.47 Å². The maximum atomic E-state index is 6.02. The van der Waals surface area contributed by atoms with Crippen molar-refractivity contribution in [1.29, 1.82) is 0 Å². The van der Waals surface area contributed by atoms with Gasteiger partial charge in [-0.2, -0.15) is 0 Å². The highest BCUT2D eigenvalue weighted by molar-refractivity contribution is 9.10. The fourth-order valence-corrected chi connectivity index (χ4v) is 2.82. The van der Waals surface area contributed by atoms with E-state index in [-0.39, 0.29) is 0 Å². The van der Waals surface area contributed by atoms with Crippen molar-refractivity contribution < 1.29 is 14.2 Å². The Hall–Kier alpha value is -1.59. The maximum Gasteiger partial charge on any atom is 0.163 e. The molecule has 21 heavy (non-hydrogen) atoms. The Morgan fingerprint density at radius 1 is 1.14 bits per heavy atom. The van der Waals surface area contributed by atoms with Gasteiger partial charge in [-0.1, -0.05) is 11.6 Å². The van der Waals surface area contributed by atoms with Crippen LogP contribution in [-0.2, 0) is 6.61 Å². The van der Waals surface area contributed by atoms with Crippen LogP contribution in [-0.4, -0.2) is 13.2 Å². The molecule has 2 N–H and O–H groups in total. The van der Waals surface area contributed by atoms with Crippen molar-refractivity contribution in [3.8, 4) is 17.2 Å². The van der Waals surface area contributed by atoms with Gasteiger partial charge in [-0.15, -0.1) is 0 Å². The highest BCUT2D eigenvalue weighted by atomic mass is 79.9. The minimum absolute atomic E-state index is 0.336. The van der Waals surface area contributed by atoms with Gasteiger partial charge in [-0.25, -0.2) is 0 Å². The molecule has 3 rings (SSSR count). The molecule has 0 aromatic heterocycles. The van der Waals surface area contributed by atoms with E-state index >= 15 is 0 Å². The number of hydrogen-bond acceptors (Lipinski definition) is 4. The standard InChI is InChI=1S/C15H13BrClNO3/c16-11-6-10(17)1-2-13(11)21-8-9-5-14-15(7-12(9)18)20-4-3-19-14/h1-2,5-7H,3-4,8,18H2. The van der Waals surface area contributed by atoms with Crippen LogP contribution >= 0.6 is 27.5 Å². The Kier molecular flexibility index (Phi) is 4.12. The Bertz CT molecular complexity index is 678. The molecule has 6 heteroatoms. The van der Waals surface area contributed by atoms with Crippen LogP contribution in [0.4, 0.5) is 5.69 Å². The summed E-state index contributed by atoms with van der Waals surface area (Å²) in [5, 5.41) is 0.646. The number of fused-ring (bicyclic) bond motifs is 1. The molecule has 1 aliphatic rings. The molecular formula is C15H13BrClNO3. The quantitative estimate of drug-likeness (QED) is 0.829. The monoisotopic (exact) mass is 369 g/mol. The van der Waals surface area contributed by atoms with Crippen LogP contribution in [0.1, 0.15) is 5.56 Å². The summed E-state index contributed by atoms with van der Waals surface area (Å²) in [6.45, 7) is 1.42. The number of hydrogen-bond donors (Lipinski definition) is 1. The van der Waals surface area contributed by atoms with Crippen molar-refractivity contribution in [2.45, 2.75) is 6.61 Å². The second kappa shape index (κ2) is 6.03. The number of nitrogens with two attached hydrogens (primary N) is 1. The lowest BCUT2D eigenvalue weighted by molar-refractivity contribution is 0.171. The first-order valence-corrected chi connectivity index (χ1v) is 7.56. The molecule has 0 fully saturated rings. The fraction of sp³-hybridized carbons (Fsp3) is 0.200. The molecule has 0 radical (unpaired) electrons. The lowest BCUT2D eigenvalue weighted by atomic mass is 10.1. The van der Waals surface area contributed by atoms with Gasteiger partial charge in [-0.3, -0.25) is 0 Å². The minimum atomic E-state index is 0.336. The predicted octanol–water partition coefficient (Wildman–Crippen LogP) is 4.03. The lowest BCUT2D eigenvalue weighted by Crippen LogP contribution is -2.16. The van der Waals surface area contributed by atoms with Gasteiger partial charge in [-0.05, 0) is 40.2 Å².